The van der Waals surface area contributed by atoms with Gasteiger partial charge < -0.3 is 10.4 Å². The Morgan fingerprint density at radius 2 is 1.00 bits per heavy atom. The van der Waals surface area contributed by atoms with E-state index in [2.05, 4.69) is 0 Å². The minimum absolute atomic E-state index is 0. The first-order chi connectivity index (χ1) is 2.83. The Balaban J connectivity index is -0.0000000400. The van der Waals surface area contributed by atoms with Crippen LogP contribution in [0, 0.1) is 9.81 Å². The molecular formula is H2CdN2O4. The van der Waals surface area contributed by atoms with Crippen LogP contribution >= 0.6 is 0 Å². The van der Waals surface area contributed by atoms with Crippen LogP contribution in [0.2, 0.25) is 0 Å². The van der Waals surface area contributed by atoms with E-state index in [-0.39, 0.29) is 27.3 Å². The van der Waals surface area contributed by atoms with Crippen LogP contribution in [0.1, 0.15) is 0 Å². The molecule has 0 aliphatic rings. The monoisotopic (exact) mass is 208 g/mol. The van der Waals surface area contributed by atoms with Crippen LogP contribution in [0.4, 0.5) is 0 Å². The molecule has 2 N–H and O–H groups in total. The molecule has 6 nitrogen and oxygen atoms in total. The van der Waals surface area contributed by atoms with E-state index in [4.69, 9.17) is 20.2 Å². The van der Waals surface area contributed by atoms with E-state index < -0.39 is 0 Å². The van der Waals surface area contributed by atoms with Gasteiger partial charge in [0.1, 0.15) is 0 Å². The Kier molecular flexibility index (Phi) is 97.6. The molecule has 0 saturated carbocycles. The number of rotatable bonds is 0. The smallest absolute Gasteiger partial charge is 0.152 e. The number of nitrogens with zero attached hydrogens (tertiary/aromatic N) is 2. The van der Waals surface area contributed by atoms with Crippen molar-refractivity contribution in [1.82, 2.24) is 0 Å². The summed E-state index contributed by atoms with van der Waals surface area (Å²) in [6.45, 7) is 0. The number of hydrogen-bond acceptors (Lipinski definition) is 4. The van der Waals surface area contributed by atoms with Gasteiger partial charge in [0.2, 0.25) is 0 Å². The number of hydrogen-bond donors (Lipinski definition) is 2. The van der Waals surface area contributed by atoms with Crippen LogP contribution in [0.15, 0.2) is 10.7 Å². The second kappa shape index (κ2) is 43.0. The zero-order valence-corrected chi connectivity index (χ0v) is 7.35. The van der Waals surface area contributed by atoms with Crippen LogP contribution in [0.3, 0.4) is 0 Å². The van der Waals surface area contributed by atoms with Gasteiger partial charge in [0.25, 0.3) is 0 Å². The molecule has 0 fully saturated rings. The van der Waals surface area contributed by atoms with E-state index in [0.717, 1.165) is 0 Å². The summed E-state index contributed by atoms with van der Waals surface area (Å²) in [5, 5.41) is 15.8. The molecule has 0 aromatic heterocycles. The fourth-order valence-electron chi connectivity index (χ4n) is 0. The molecule has 0 aromatic rings. The first-order valence-corrected chi connectivity index (χ1v) is 0.765. The first-order valence-electron chi connectivity index (χ1n) is 0.765. The summed E-state index contributed by atoms with van der Waals surface area (Å²) in [5.41, 5.74) is 0. The molecule has 7 heavy (non-hydrogen) atoms. The summed E-state index contributed by atoms with van der Waals surface area (Å²) in [4.78, 5) is 16.2. The minimum atomic E-state index is 0. The molecule has 0 heterocycles. The maximum atomic E-state index is 8.11. The Morgan fingerprint density at radius 1 is 1.00 bits per heavy atom. The van der Waals surface area contributed by atoms with Gasteiger partial charge in [0.05, 0.1) is 0 Å². The summed E-state index contributed by atoms with van der Waals surface area (Å²) >= 11 is 0. The molecule has 0 aromatic carbocycles. The summed E-state index contributed by atoms with van der Waals surface area (Å²) in [6, 6.07) is 0. The van der Waals surface area contributed by atoms with Crippen molar-refractivity contribution in [3.63, 3.8) is 0 Å². The van der Waals surface area contributed by atoms with Crippen molar-refractivity contribution in [2.24, 2.45) is 10.7 Å². The Morgan fingerprint density at radius 3 is 1.00 bits per heavy atom. The molecule has 0 spiro atoms. The molecule has 0 rings (SSSR count). The molecule has 0 aliphatic carbocycles. The normalized spacial score (nSPS) is 3.43. The minimum Gasteiger partial charge on any atom is -0.379 e. The van der Waals surface area contributed by atoms with Gasteiger partial charge in [-0.05, 0) is 0 Å². The van der Waals surface area contributed by atoms with Crippen LogP contribution in [0.5, 0.6) is 0 Å². The van der Waals surface area contributed by atoms with Gasteiger partial charge in [-0.15, -0.1) is 9.81 Å². The predicted octanol–water partition coefficient (Wildman–Crippen LogP) is 0.282. The maximum Gasteiger partial charge on any atom is 0.152 e. The van der Waals surface area contributed by atoms with Gasteiger partial charge in [-0.25, -0.2) is 0 Å². The maximum absolute atomic E-state index is 8.11. The van der Waals surface area contributed by atoms with Gasteiger partial charge in [-0.3, -0.25) is 0 Å². The van der Waals surface area contributed by atoms with Crippen molar-refractivity contribution in [2.75, 3.05) is 0 Å². The van der Waals surface area contributed by atoms with Gasteiger partial charge in [0, 0.05) is 27.3 Å². The molecule has 0 unspecified atom stereocenters. The SMILES string of the molecule is O=NO.O=NO.[Cd]. The van der Waals surface area contributed by atoms with Crippen molar-refractivity contribution < 1.29 is 37.7 Å². The topological polar surface area (TPSA) is 99.3 Å². The molecule has 7 heteroatoms. The summed E-state index contributed by atoms with van der Waals surface area (Å²) in [5.74, 6) is 0. The van der Waals surface area contributed by atoms with Gasteiger partial charge in [-0.2, -0.15) is 0 Å². The van der Waals surface area contributed by atoms with E-state index in [9.17, 15) is 0 Å². The van der Waals surface area contributed by atoms with Crippen LogP contribution < -0.4 is 0 Å². The van der Waals surface area contributed by atoms with Crippen molar-refractivity contribution in [1.29, 1.82) is 0 Å². The zero-order chi connectivity index (χ0) is 5.41. The summed E-state index contributed by atoms with van der Waals surface area (Å²) in [6.07, 6.45) is 0. The molecule has 0 bridgehead atoms. The zero-order valence-electron chi connectivity index (χ0n) is 3.31. The average molecular weight is 206 g/mol. The molecule has 0 radical (unpaired) electrons. The first kappa shape index (κ1) is 15.9. The van der Waals surface area contributed by atoms with Crippen molar-refractivity contribution >= 4 is 0 Å². The van der Waals surface area contributed by atoms with Gasteiger partial charge in [0.15, 0.2) is 10.7 Å². The quantitative estimate of drug-likeness (QED) is 0.338. The Bertz CT molecular complexity index is 30.7. The molecule has 0 aliphatic heterocycles. The fourth-order valence-corrected chi connectivity index (χ4v) is 0. The molecule has 0 atom stereocenters. The Labute approximate surface area is 58.5 Å². The summed E-state index contributed by atoms with van der Waals surface area (Å²) in [7, 11) is 0. The van der Waals surface area contributed by atoms with Crippen molar-refractivity contribution in [2.45, 2.75) is 0 Å². The Hall–Kier alpha value is -0.278. The van der Waals surface area contributed by atoms with Crippen LogP contribution in [-0.2, 0) is 27.3 Å². The second-order valence-corrected chi connectivity index (χ2v) is 0.163. The van der Waals surface area contributed by atoms with Crippen molar-refractivity contribution in [3.05, 3.63) is 9.81 Å². The van der Waals surface area contributed by atoms with E-state index in [1.165, 1.54) is 10.7 Å². The molecular weight excluding hydrogens is 204 g/mol. The average Bonchev–Trinajstić information content (AvgIpc) is 1.39. The second-order valence-electron chi connectivity index (χ2n) is 0.163. The van der Waals surface area contributed by atoms with Gasteiger partial charge in [-0.1, -0.05) is 0 Å². The molecule has 0 amide bonds. The summed E-state index contributed by atoms with van der Waals surface area (Å²) < 4.78 is 0. The van der Waals surface area contributed by atoms with Gasteiger partial charge >= 0.3 is 0 Å². The van der Waals surface area contributed by atoms with Crippen LogP contribution in [0.25, 0.3) is 0 Å². The van der Waals surface area contributed by atoms with E-state index in [1.54, 1.807) is 0 Å². The van der Waals surface area contributed by atoms with E-state index in [0.29, 0.717) is 0 Å². The van der Waals surface area contributed by atoms with E-state index in [1.807, 2.05) is 0 Å². The fraction of sp³-hybridized carbons (Fsp3) is 0. The standard InChI is InChI=1S/Cd.2HNO2/c;2*2-1-3/h;2*(H,2,3). The van der Waals surface area contributed by atoms with Crippen molar-refractivity contribution in [3.8, 4) is 0 Å². The third kappa shape index (κ3) is 1030. The van der Waals surface area contributed by atoms with Crippen LogP contribution in [-0.4, -0.2) is 10.4 Å². The third-order valence-electron chi connectivity index (χ3n) is 0. The van der Waals surface area contributed by atoms with E-state index >= 15 is 0 Å². The molecule has 0 saturated heterocycles. The largest absolute Gasteiger partial charge is 0.379 e. The molecule has 38 valence electrons. The third-order valence-corrected chi connectivity index (χ3v) is 0. The predicted molar refractivity (Wildman–Crippen MR) is 15.2 cm³/mol.